The van der Waals surface area contributed by atoms with Gasteiger partial charge < -0.3 is 15.4 Å². The highest BCUT2D eigenvalue weighted by Crippen LogP contribution is 2.39. The molecule has 0 saturated carbocycles. The molecule has 0 saturated heterocycles. The van der Waals surface area contributed by atoms with Gasteiger partial charge in [-0.2, -0.15) is 10.1 Å². The van der Waals surface area contributed by atoms with E-state index in [1.807, 2.05) is 37.3 Å². The van der Waals surface area contributed by atoms with Crippen LogP contribution in [0.5, 0.6) is 11.6 Å². The standard InChI is InChI=1S/C27H28Cl2N8O3/c1-4-5-6-17-15-21(37(36-17)18-9-7-16(2)8-10-18)33-27(39)32-19-11-12-20(24(29)23(19)28)40-22-13-14-31-25(34-22)35-26(38)30-3/h7-15H,4-6H2,1-3H3,(H2,32,33,39)(H2,30,31,34,35,38). The molecule has 208 valence electrons. The number of halogens is 2. The lowest BCUT2D eigenvalue weighted by Gasteiger charge is -2.14. The molecule has 0 aliphatic carbocycles. The van der Waals surface area contributed by atoms with Gasteiger partial charge >= 0.3 is 12.1 Å². The lowest BCUT2D eigenvalue weighted by molar-refractivity contribution is 0.253. The number of aromatic nitrogens is 4. The molecule has 0 spiro atoms. The fraction of sp³-hybridized carbons (Fsp3) is 0.222. The van der Waals surface area contributed by atoms with Gasteiger partial charge in [0.15, 0.2) is 0 Å². The first-order valence-corrected chi connectivity index (χ1v) is 13.2. The number of hydrogen-bond acceptors (Lipinski definition) is 6. The number of nitrogens with zero attached hydrogens (tertiary/aromatic N) is 4. The maximum atomic E-state index is 13.0. The SMILES string of the molecule is CCCCc1cc(NC(=O)Nc2ccc(Oc3ccnc(NC(=O)NC)n3)c(Cl)c2Cl)n(-c2ccc(C)cc2)n1. The van der Waals surface area contributed by atoms with Crippen LogP contribution in [0.4, 0.5) is 27.0 Å². The molecule has 4 aromatic rings. The average molecular weight is 583 g/mol. The number of hydrogen-bond donors (Lipinski definition) is 4. The third kappa shape index (κ3) is 7.19. The first-order valence-electron chi connectivity index (χ1n) is 12.5. The van der Waals surface area contributed by atoms with Crippen molar-refractivity contribution in [1.29, 1.82) is 0 Å². The molecule has 0 bridgehead atoms. The summed E-state index contributed by atoms with van der Waals surface area (Å²) < 4.78 is 7.43. The van der Waals surface area contributed by atoms with Gasteiger partial charge in [-0.05, 0) is 44.0 Å². The van der Waals surface area contributed by atoms with E-state index >= 15 is 0 Å². The number of benzene rings is 2. The molecule has 0 fully saturated rings. The van der Waals surface area contributed by atoms with E-state index in [4.69, 9.17) is 33.0 Å². The van der Waals surface area contributed by atoms with Gasteiger partial charge in [0.05, 0.1) is 22.1 Å². The minimum atomic E-state index is -0.525. The molecule has 13 heteroatoms. The zero-order valence-corrected chi connectivity index (χ0v) is 23.6. The van der Waals surface area contributed by atoms with Gasteiger partial charge in [0, 0.05) is 25.4 Å². The predicted octanol–water partition coefficient (Wildman–Crippen LogP) is 6.81. The van der Waals surface area contributed by atoms with Crippen LogP contribution in [0.15, 0.2) is 54.7 Å². The van der Waals surface area contributed by atoms with Crippen LogP contribution in [-0.2, 0) is 6.42 Å². The third-order valence-corrected chi connectivity index (χ3v) is 6.52. The molecule has 2 aromatic carbocycles. The molecular weight excluding hydrogens is 555 g/mol. The van der Waals surface area contributed by atoms with Crippen molar-refractivity contribution in [2.24, 2.45) is 0 Å². The quantitative estimate of drug-likeness (QED) is 0.171. The van der Waals surface area contributed by atoms with Gasteiger partial charge in [-0.1, -0.05) is 54.2 Å². The minimum absolute atomic E-state index is 0.0387. The van der Waals surface area contributed by atoms with Crippen molar-refractivity contribution in [3.05, 3.63) is 76.0 Å². The van der Waals surface area contributed by atoms with E-state index in [-0.39, 0.29) is 33.3 Å². The fourth-order valence-electron chi connectivity index (χ4n) is 3.59. The second-order valence-corrected chi connectivity index (χ2v) is 9.47. The number of nitrogens with one attached hydrogen (secondary N) is 4. The van der Waals surface area contributed by atoms with Gasteiger partial charge in [0.1, 0.15) is 16.6 Å². The summed E-state index contributed by atoms with van der Waals surface area (Å²) in [7, 11) is 1.47. The normalized spacial score (nSPS) is 10.6. The Kier molecular flexibility index (Phi) is 9.41. The van der Waals surface area contributed by atoms with Gasteiger partial charge in [-0.15, -0.1) is 0 Å². The summed E-state index contributed by atoms with van der Waals surface area (Å²) in [5.41, 5.74) is 3.09. The number of anilines is 3. The number of carbonyl (C=O) groups excluding carboxylic acids is 2. The van der Waals surface area contributed by atoms with Crippen molar-refractivity contribution >= 4 is 52.7 Å². The molecule has 2 aromatic heterocycles. The number of aryl methyl sites for hydroxylation is 2. The van der Waals surface area contributed by atoms with Crippen LogP contribution in [0, 0.1) is 6.92 Å². The summed E-state index contributed by atoms with van der Waals surface area (Å²) in [4.78, 5) is 32.6. The van der Waals surface area contributed by atoms with Gasteiger partial charge in [0.2, 0.25) is 11.8 Å². The van der Waals surface area contributed by atoms with Crippen LogP contribution in [0.1, 0.15) is 31.0 Å². The van der Waals surface area contributed by atoms with E-state index in [2.05, 4.69) is 38.2 Å². The average Bonchev–Trinajstić information content (AvgIpc) is 3.34. The second-order valence-electron chi connectivity index (χ2n) is 8.71. The van der Waals surface area contributed by atoms with Crippen LogP contribution in [0.2, 0.25) is 10.0 Å². The van der Waals surface area contributed by atoms with Crippen molar-refractivity contribution < 1.29 is 14.3 Å². The fourth-order valence-corrected chi connectivity index (χ4v) is 4.00. The number of ether oxygens (including phenoxy) is 1. The molecule has 0 atom stereocenters. The maximum Gasteiger partial charge on any atom is 0.324 e. The highest BCUT2D eigenvalue weighted by molar-refractivity contribution is 6.45. The molecule has 0 aliphatic heterocycles. The Morgan fingerprint density at radius 3 is 2.48 bits per heavy atom. The molecule has 11 nitrogen and oxygen atoms in total. The van der Waals surface area contributed by atoms with Crippen molar-refractivity contribution in [2.45, 2.75) is 33.1 Å². The lowest BCUT2D eigenvalue weighted by atomic mass is 10.2. The van der Waals surface area contributed by atoms with E-state index in [0.717, 1.165) is 36.2 Å². The molecule has 0 unspecified atom stereocenters. The van der Waals surface area contributed by atoms with E-state index in [1.54, 1.807) is 10.7 Å². The Morgan fingerprint density at radius 2 is 1.75 bits per heavy atom. The first kappa shape index (κ1) is 28.7. The summed E-state index contributed by atoms with van der Waals surface area (Å²) in [6.45, 7) is 4.12. The third-order valence-electron chi connectivity index (χ3n) is 5.66. The van der Waals surface area contributed by atoms with Crippen molar-refractivity contribution in [2.75, 3.05) is 23.0 Å². The molecule has 0 radical (unpaired) electrons. The monoisotopic (exact) mass is 582 g/mol. The summed E-state index contributed by atoms with van der Waals surface area (Å²) in [5.74, 6) is 0.873. The Hall–Kier alpha value is -4.35. The van der Waals surface area contributed by atoms with Gasteiger partial charge in [-0.25, -0.2) is 19.3 Å². The zero-order valence-electron chi connectivity index (χ0n) is 22.1. The van der Waals surface area contributed by atoms with E-state index in [1.165, 1.54) is 25.4 Å². The van der Waals surface area contributed by atoms with Crippen molar-refractivity contribution in [3.63, 3.8) is 0 Å². The van der Waals surface area contributed by atoms with Gasteiger partial charge in [-0.3, -0.25) is 10.6 Å². The Labute approximate surface area is 241 Å². The van der Waals surface area contributed by atoms with E-state index in [0.29, 0.717) is 5.82 Å². The van der Waals surface area contributed by atoms with Crippen LogP contribution in [0.3, 0.4) is 0 Å². The highest BCUT2D eigenvalue weighted by Gasteiger charge is 2.17. The van der Waals surface area contributed by atoms with E-state index in [9.17, 15) is 9.59 Å². The Morgan fingerprint density at radius 1 is 0.975 bits per heavy atom. The molecule has 4 N–H and O–H groups in total. The highest BCUT2D eigenvalue weighted by atomic mass is 35.5. The number of rotatable bonds is 9. The molecular formula is C27H28Cl2N8O3. The zero-order chi connectivity index (χ0) is 28.6. The smallest absolute Gasteiger partial charge is 0.324 e. The van der Waals surface area contributed by atoms with Crippen LogP contribution in [0.25, 0.3) is 5.69 Å². The lowest BCUT2D eigenvalue weighted by Crippen LogP contribution is -2.25. The molecule has 4 rings (SSSR count). The summed E-state index contributed by atoms with van der Waals surface area (Å²) in [6.07, 6.45) is 4.23. The molecule has 0 aliphatic rings. The Bertz CT molecular complexity index is 1510. The summed E-state index contributed by atoms with van der Waals surface area (Å²) in [6, 6.07) is 13.3. The Balaban J connectivity index is 1.49. The molecule has 2 heterocycles. The number of carbonyl (C=O) groups is 2. The van der Waals surface area contributed by atoms with E-state index < -0.39 is 12.1 Å². The maximum absolute atomic E-state index is 13.0. The number of amides is 4. The van der Waals surface area contributed by atoms with Gasteiger partial charge in [0.25, 0.3) is 0 Å². The molecule has 4 amide bonds. The van der Waals surface area contributed by atoms with Crippen molar-refractivity contribution in [3.8, 4) is 17.3 Å². The van der Waals surface area contributed by atoms with Crippen molar-refractivity contribution in [1.82, 2.24) is 25.1 Å². The topological polar surface area (TPSA) is 135 Å². The van der Waals surface area contributed by atoms with Crippen LogP contribution < -0.4 is 26.0 Å². The summed E-state index contributed by atoms with van der Waals surface area (Å²) in [5, 5.41) is 15.3. The predicted molar refractivity (Wildman–Crippen MR) is 156 cm³/mol. The largest absolute Gasteiger partial charge is 0.437 e. The summed E-state index contributed by atoms with van der Waals surface area (Å²) >= 11 is 12.9. The van der Waals surface area contributed by atoms with Crippen LogP contribution in [-0.4, -0.2) is 38.9 Å². The van der Waals surface area contributed by atoms with Crippen LogP contribution >= 0.6 is 23.2 Å². The number of urea groups is 2. The minimum Gasteiger partial charge on any atom is -0.437 e. The first-order chi connectivity index (χ1) is 19.3. The second kappa shape index (κ2) is 13.1. The molecule has 40 heavy (non-hydrogen) atoms. The number of unbranched alkanes of at least 4 members (excludes halogenated alkanes) is 1.